The maximum absolute atomic E-state index is 5.49. The topological polar surface area (TPSA) is 67.6 Å². The second-order valence-electron chi connectivity index (χ2n) is 3.41. The lowest BCUT2D eigenvalue weighted by molar-refractivity contribution is 0.853. The molecule has 2 aromatic rings. The summed E-state index contributed by atoms with van der Waals surface area (Å²) in [6, 6.07) is 0. The van der Waals surface area contributed by atoms with Crippen molar-refractivity contribution in [3.05, 3.63) is 16.6 Å². The first-order valence-electron chi connectivity index (χ1n) is 4.43. The van der Waals surface area contributed by atoms with Gasteiger partial charge in [0.05, 0.1) is 22.6 Å². The molecular formula is C9H12N4S. The lowest BCUT2D eigenvalue weighted by atomic mass is 10.2. The molecule has 0 amide bonds. The minimum absolute atomic E-state index is 0.430. The summed E-state index contributed by atoms with van der Waals surface area (Å²) in [6.45, 7) is 4.26. The number of hydrogen-bond donors (Lipinski definition) is 2. The average molecular weight is 208 g/mol. The van der Waals surface area contributed by atoms with Gasteiger partial charge < -0.3 is 10.7 Å². The van der Waals surface area contributed by atoms with Crippen LogP contribution in [-0.4, -0.2) is 15.0 Å². The molecule has 0 saturated heterocycles. The number of H-pyrrole nitrogens is 1. The van der Waals surface area contributed by atoms with Crippen LogP contribution in [0.15, 0.2) is 11.6 Å². The SMILES string of the molecule is CC(C)c1nc(-c2cnc(N)[nH]2)cs1. The number of aromatic amines is 1. The van der Waals surface area contributed by atoms with Gasteiger partial charge in [0.2, 0.25) is 0 Å². The highest BCUT2D eigenvalue weighted by Crippen LogP contribution is 2.25. The van der Waals surface area contributed by atoms with Crippen LogP contribution in [0.25, 0.3) is 11.4 Å². The highest BCUT2D eigenvalue weighted by Gasteiger charge is 2.08. The predicted octanol–water partition coefficient (Wildman–Crippen LogP) is 2.24. The van der Waals surface area contributed by atoms with Gasteiger partial charge in [-0.2, -0.15) is 0 Å². The first-order valence-corrected chi connectivity index (χ1v) is 5.31. The van der Waals surface area contributed by atoms with E-state index >= 15 is 0 Å². The van der Waals surface area contributed by atoms with Gasteiger partial charge in [-0.1, -0.05) is 13.8 Å². The van der Waals surface area contributed by atoms with Crippen molar-refractivity contribution in [2.24, 2.45) is 0 Å². The molecular weight excluding hydrogens is 196 g/mol. The van der Waals surface area contributed by atoms with E-state index in [1.807, 2.05) is 5.38 Å². The number of rotatable bonds is 2. The highest BCUT2D eigenvalue weighted by molar-refractivity contribution is 7.10. The summed E-state index contributed by atoms with van der Waals surface area (Å²) in [7, 11) is 0. The second kappa shape index (κ2) is 3.42. The Morgan fingerprint density at radius 3 is 2.79 bits per heavy atom. The first-order chi connectivity index (χ1) is 6.66. The van der Waals surface area contributed by atoms with Crippen molar-refractivity contribution in [2.45, 2.75) is 19.8 Å². The van der Waals surface area contributed by atoms with Gasteiger partial charge in [-0.15, -0.1) is 11.3 Å². The monoisotopic (exact) mass is 208 g/mol. The Morgan fingerprint density at radius 2 is 2.29 bits per heavy atom. The summed E-state index contributed by atoms with van der Waals surface area (Å²) in [4.78, 5) is 11.4. The summed E-state index contributed by atoms with van der Waals surface area (Å²) in [5.41, 5.74) is 7.29. The molecule has 0 radical (unpaired) electrons. The van der Waals surface area contributed by atoms with Gasteiger partial charge in [0.25, 0.3) is 0 Å². The molecule has 14 heavy (non-hydrogen) atoms. The quantitative estimate of drug-likeness (QED) is 0.795. The van der Waals surface area contributed by atoms with Crippen molar-refractivity contribution in [3.63, 3.8) is 0 Å². The van der Waals surface area contributed by atoms with Crippen LogP contribution in [-0.2, 0) is 0 Å². The van der Waals surface area contributed by atoms with E-state index in [1.54, 1.807) is 17.5 Å². The molecule has 0 unspecified atom stereocenters. The summed E-state index contributed by atoms with van der Waals surface area (Å²) in [5, 5.41) is 3.15. The maximum atomic E-state index is 5.49. The molecule has 4 nitrogen and oxygen atoms in total. The van der Waals surface area contributed by atoms with Crippen molar-refractivity contribution in [3.8, 4) is 11.4 Å². The Hall–Kier alpha value is -1.36. The molecule has 5 heteroatoms. The fourth-order valence-electron chi connectivity index (χ4n) is 1.14. The maximum Gasteiger partial charge on any atom is 0.197 e. The third kappa shape index (κ3) is 1.63. The molecule has 0 atom stereocenters. The molecule has 0 saturated carbocycles. The molecule has 2 aromatic heterocycles. The molecule has 0 spiro atoms. The number of nitrogens with one attached hydrogen (secondary N) is 1. The van der Waals surface area contributed by atoms with Crippen molar-refractivity contribution in [1.82, 2.24) is 15.0 Å². The minimum Gasteiger partial charge on any atom is -0.369 e. The van der Waals surface area contributed by atoms with E-state index in [9.17, 15) is 0 Å². The van der Waals surface area contributed by atoms with Gasteiger partial charge in [0, 0.05) is 11.3 Å². The van der Waals surface area contributed by atoms with Gasteiger partial charge in [-0.25, -0.2) is 9.97 Å². The smallest absolute Gasteiger partial charge is 0.197 e. The van der Waals surface area contributed by atoms with Gasteiger partial charge in [0.15, 0.2) is 5.95 Å². The van der Waals surface area contributed by atoms with Crippen LogP contribution >= 0.6 is 11.3 Å². The van der Waals surface area contributed by atoms with Gasteiger partial charge in [0.1, 0.15) is 0 Å². The van der Waals surface area contributed by atoms with Crippen LogP contribution in [0.4, 0.5) is 5.95 Å². The number of thiazole rings is 1. The first kappa shape index (κ1) is 9.21. The van der Waals surface area contributed by atoms with Crippen molar-refractivity contribution >= 4 is 17.3 Å². The Labute approximate surface area is 86.2 Å². The molecule has 2 rings (SSSR count). The number of nitrogens with two attached hydrogens (primary N) is 1. The van der Waals surface area contributed by atoms with Crippen LogP contribution in [0.1, 0.15) is 24.8 Å². The molecule has 74 valence electrons. The Morgan fingerprint density at radius 1 is 1.50 bits per heavy atom. The van der Waals surface area contributed by atoms with Gasteiger partial charge >= 0.3 is 0 Å². The summed E-state index contributed by atoms with van der Waals surface area (Å²) in [6.07, 6.45) is 1.70. The van der Waals surface area contributed by atoms with E-state index in [0.717, 1.165) is 16.4 Å². The number of aromatic nitrogens is 3. The fourth-order valence-corrected chi connectivity index (χ4v) is 1.98. The zero-order valence-corrected chi connectivity index (χ0v) is 8.93. The summed E-state index contributed by atoms with van der Waals surface area (Å²) in [5.74, 6) is 0.896. The fraction of sp³-hybridized carbons (Fsp3) is 0.333. The number of nitrogen functional groups attached to an aromatic ring is 1. The van der Waals surface area contributed by atoms with Crippen LogP contribution in [0.2, 0.25) is 0 Å². The highest BCUT2D eigenvalue weighted by atomic mass is 32.1. The number of anilines is 1. The number of imidazole rings is 1. The number of hydrogen-bond acceptors (Lipinski definition) is 4. The molecule has 3 N–H and O–H groups in total. The van der Waals surface area contributed by atoms with Crippen molar-refractivity contribution in [1.29, 1.82) is 0 Å². The van der Waals surface area contributed by atoms with Gasteiger partial charge in [-0.3, -0.25) is 0 Å². The lowest BCUT2D eigenvalue weighted by Gasteiger charge is -1.95. The Bertz CT molecular complexity index is 429. The van der Waals surface area contributed by atoms with Crippen LogP contribution in [0.5, 0.6) is 0 Å². The zero-order valence-electron chi connectivity index (χ0n) is 8.11. The van der Waals surface area contributed by atoms with E-state index in [2.05, 4.69) is 28.8 Å². The summed E-state index contributed by atoms with van der Waals surface area (Å²) >= 11 is 1.66. The van der Waals surface area contributed by atoms with E-state index in [0.29, 0.717) is 11.9 Å². The Balaban J connectivity index is 2.33. The number of nitrogens with zero attached hydrogens (tertiary/aromatic N) is 2. The second-order valence-corrected chi connectivity index (χ2v) is 4.30. The predicted molar refractivity (Wildman–Crippen MR) is 58.2 cm³/mol. The van der Waals surface area contributed by atoms with Crippen LogP contribution < -0.4 is 5.73 Å². The van der Waals surface area contributed by atoms with Crippen molar-refractivity contribution in [2.75, 3.05) is 5.73 Å². The molecule has 0 aliphatic rings. The lowest BCUT2D eigenvalue weighted by Crippen LogP contribution is -1.87. The van der Waals surface area contributed by atoms with E-state index in [4.69, 9.17) is 5.73 Å². The average Bonchev–Trinajstić information content (AvgIpc) is 2.70. The zero-order chi connectivity index (χ0) is 10.1. The molecule has 0 aliphatic heterocycles. The minimum atomic E-state index is 0.430. The standard InChI is InChI=1S/C9H12N4S/c1-5(2)8-12-7(4-14-8)6-3-11-9(10)13-6/h3-5H,1-2H3,(H3,10,11,13). The molecule has 2 heterocycles. The van der Waals surface area contributed by atoms with E-state index in [1.165, 1.54) is 0 Å². The molecule has 0 fully saturated rings. The third-order valence-electron chi connectivity index (χ3n) is 1.89. The molecule has 0 aromatic carbocycles. The largest absolute Gasteiger partial charge is 0.369 e. The van der Waals surface area contributed by atoms with Crippen LogP contribution in [0, 0.1) is 0 Å². The van der Waals surface area contributed by atoms with E-state index < -0.39 is 0 Å². The summed E-state index contributed by atoms with van der Waals surface area (Å²) < 4.78 is 0. The molecule has 0 aliphatic carbocycles. The van der Waals surface area contributed by atoms with Gasteiger partial charge in [-0.05, 0) is 0 Å². The normalized spacial score (nSPS) is 11.1. The molecule has 0 bridgehead atoms. The Kier molecular flexibility index (Phi) is 2.25. The van der Waals surface area contributed by atoms with Crippen LogP contribution in [0.3, 0.4) is 0 Å². The third-order valence-corrected chi connectivity index (χ3v) is 3.03. The van der Waals surface area contributed by atoms with E-state index in [-0.39, 0.29) is 0 Å². The van der Waals surface area contributed by atoms with Crippen molar-refractivity contribution < 1.29 is 0 Å².